The standard InChI is InChI=1S/C30H33ClN4O3/c1-22-10-12-23(13-11-22)20-34(15-14-24-19-32-28-9-4-3-8-27(24)28)29(36)21-35(16-17-38-2)30(37)33-26-7-5-6-25(31)18-26/h3-13,18-19,32H,14-17,20-21H2,1-2H3,(H,33,37). The van der Waals surface area contributed by atoms with E-state index in [-0.39, 0.29) is 25.0 Å². The Hall–Kier alpha value is -3.81. The number of carbonyl (C=O) groups is 2. The Morgan fingerprint density at radius 3 is 2.53 bits per heavy atom. The summed E-state index contributed by atoms with van der Waals surface area (Å²) in [6.45, 7) is 3.52. The average Bonchev–Trinajstić information content (AvgIpc) is 3.33. The summed E-state index contributed by atoms with van der Waals surface area (Å²) >= 11 is 6.07. The zero-order chi connectivity index (χ0) is 26.9. The largest absolute Gasteiger partial charge is 0.383 e. The van der Waals surface area contributed by atoms with Crippen molar-refractivity contribution >= 4 is 40.1 Å². The van der Waals surface area contributed by atoms with Crippen molar-refractivity contribution in [3.63, 3.8) is 0 Å². The number of aromatic nitrogens is 1. The van der Waals surface area contributed by atoms with Crippen molar-refractivity contribution in [2.24, 2.45) is 0 Å². The maximum absolute atomic E-state index is 13.7. The molecule has 0 saturated heterocycles. The molecule has 0 spiro atoms. The lowest BCUT2D eigenvalue weighted by molar-refractivity contribution is -0.132. The van der Waals surface area contributed by atoms with E-state index in [1.54, 1.807) is 31.4 Å². The van der Waals surface area contributed by atoms with Gasteiger partial charge in [-0.3, -0.25) is 4.79 Å². The predicted molar refractivity (Wildman–Crippen MR) is 153 cm³/mol. The highest BCUT2D eigenvalue weighted by Gasteiger charge is 2.22. The van der Waals surface area contributed by atoms with Gasteiger partial charge in [0.2, 0.25) is 5.91 Å². The monoisotopic (exact) mass is 532 g/mol. The Kier molecular flexibility index (Phi) is 9.40. The van der Waals surface area contributed by atoms with E-state index in [0.29, 0.717) is 36.8 Å². The molecule has 8 heteroatoms. The number of aryl methyl sites for hydroxylation is 1. The third kappa shape index (κ3) is 7.37. The van der Waals surface area contributed by atoms with E-state index in [1.165, 1.54) is 4.90 Å². The fourth-order valence-electron chi connectivity index (χ4n) is 4.29. The maximum Gasteiger partial charge on any atom is 0.322 e. The number of halogens is 1. The molecule has 7 nitrogen and oxygen atoms in total. The lowest BCUT2D eigenvalue weighted by atomic mass is 10.1. The van der Waals surface area contributed by atoms with Gasteiger partial charge in [-0.2, -0.15) is 0 Å². The first-order chi connectivity index (χ1) is 18.4. The molecule has 0 aliphatic rings. The van der Waals surface area contributed by atoms with Gasteiger partial charge in [0.25, 0.3) is 0 Å². The maximum atomic E-state index is 13.7. The minimum Gasteiger partial charge on any atom is -0.383 e. The lowest BCUT2D eigenvalue weighted by Crippen LogP contribution is -2.46. The molecule has 0 radical (unpaired) electrons. The van der Waals surface area contributed by atoms with Crippen molar-refractivity contribution in [2.45, 2.75) is 19.9 Å². The highest BCUT2D eigenvalue weighted by Crippen LogP contribution is 2.19. The van der Waals surface area contributed by atoms with Gasteiger partial charge in [-0.1, -0.05) is 65.7 Å². The van der Waals surface area contributed by atoms with Gasteiger partial charge < -0.3 is 24.8 Å². The molecule has 1 aromatic heterocycles. The summed E-state index contributed by atoms with van der Waals surface area (Å²) in [5, 5.41) is 4.51. The number of nitrogens with one attached hydrogen (secondary N) is 2. The molecular weight excluding hydrogens is 500 g/mol. The van der Waals surface area contributed by atoms with Gasteiger partial charge in [0, 0.05) is 54.6 Å². The number of methoxy groups -OCH3 is 1. The van der Waals surface area contributed by atoms with Gasteiger partial charge in [-0.05, 0) is 48.7 Å². The number of nitrogens with zero attached hydrogens (tertiary/aromatic N) is 2. The minimum absolute atomic E-state index is 0.0739. The molecule has 0 saturated carbocycles. The van der Waals surface area contributed by atoms with Crippen LogP contribution in [0.25, 0.3) is 10.9 Å². The SMILES string of the molecule is COCCN(CC(=O)N(CCc1c[nH]c2ccccc12)Cc1ccc(C)cc1)C(=O)Nc1cccc(Cl)c1. The fraction of sp³-hybridized carbons (Fsp3) is 0.267. The zero-order valence-corrected chi connectivity index (χ0v) is 22.5. The summed E-state index contributed by atoms with van der Waals surface area (Å²) in [6.07, 6.45) is 2.69. The number of fused-ring (bicyclic) bond motifs is 1. The third-order valence-corrected chi connectivity index (χ3v) is 6.66. The Balaban J connectivity index is 1.50. The summed E-state index contributed by atoms with van der Waals surface area (Å²) in [4.78, 5) is 33.4. The van der Waals surface area contributed by atoms with Crippen LogP contribution in [0.15, 0.2) is 79.0 Å². The number of hydrogen-bond donors (Lipinski definition) is 2. The van der Waals surface area contributed by atoms with E-state index in [9.17, 15) is 9.59 Å². The van der Waals surface area contributed by atoms with Crippen LogP contribution in [0.3, 0.4) is 0 Å². The first-order valence-electron chi connectivity index (χ1n) is 12.6. The molecule has 0 fully saturated rings. The molecule has 4 rings (SSSR count). The molecule has 0 aliphatic carbocycles. The van der Waals surface area contributed by atoms with Gasteiger partial charge in [0.1, 0.15) is 6.54 Å². The zero-order valence-electron chi connectivity index (χ0n) is 21.7. The number of urea groups is 1. The minimum atomic E-state index is -0.385. The van der Waals surface area contributed by atoms with E-state index in [1.807, 2.05) is 60.5 Å². The van der Waals surface area contributed by atoms with Gasteiger partial charge in [-0.15, -0.1) is 0 Å². The molecule has 0 unspecified atom stereocenters. The Morgan fingerprint density at radius 1 is 0.974 bits per heavy atom. The molecular formula is C30H33ClN4O3. The Morgan fingerprint density at radius 2 is 1.76 bits per heavy atom. The number of benzene rings is 3. The summed E-state index contributed by atoms with van der Waals surface area (Å²) in [6, 6.07) is 22.8. The van der Waals surface area contributed by atoms with E-state index in [4.69, 9.17) is 16.3 Å². The second-order valence-electron chi connectivity index (χ2n) is 9.27. The van der Waals surface area contributed by atoms with Crippen LogP contribution in [0.1, 0.15) is 16.7 Å². The first kappa shape index (κ1) is 27.2. The highest BCUT2D eigenvalue weighted by molar-refractivity contribution is 6.30. The number of rotatable bonds is 11. The summed E-state index contributed by atoms with van der Waals surface area (Å²) in [7, 11) is 1.57. The van der Waals surface area contributed by atoms with E-state index < -0.39 is 0 Å². The van der Waals surface area contributed by atoms with Crippen LogP contribution in [-0.2, 0) is 22.5 Å². The summed E-state index contributed by atoms with van der Waals surface area (Å²) in [5.41, 5.74) is 4.98. The van der Waals surface area contributed by atoms with Crippen molar-refractivity contribution in [1.29, 1.82) is 0 Å². The van der Waals surface area contributed by atoms with Crippen LogP contribution in [-0.4, -0.2) is 60.1 Å². The van der Waals surface area contributed by atoms with Crippen molar-refractivity contribution in [3.8, 4) is 0 Å². The van der Waals surface area contributed by atoms with Crippen LogP contribution >= 0.6 is 11.6 Å². The van der Waals surface area contributed by atoms with E-state index in [0.717, 1.165) is 27.6 Å². The summed E-state index contributed by atoms with van der Waals surface area (Å²) < 4.78 is 5.21. The molecule has 0 bridgehead atoms. The van der Waals surface area contributed by atoms with E-state index in [2.05, 4.69) is 16.4 Å². The number of para-hydroxylation sites is 1. The Bertz CT molecular complexity index is 1370. The van der Waals surface area contributed by atoms with Crippen molar-refractivity contribution in [1.82, 2.24) is 14.8 Å². The number of amides is 3. The van der Waals surface area contributed by atoms with Crippen LogP contribution < -0.4 is 5.32 Å². The fourth-order valence-corrected chi connectivity index (χ4v) is 4.48. The molecule has 198 valence electrons. The van der Waals surface area contributed by atoms with Crippen LogP contribution in [0, 0.1) is 6.92 Å². The third-order valence-electron chi connectivity index (χ3n) is 6.43. The molecule has 38 heavy (non-hydrogen) atoms. The molecule has 0 aliphatic heterocycles. The van der Waals surface area contributed by atoms with Gasteiger partial charge in [0.05, 0.1) is 6.61 Å². The van der Waals surface area contributed by atoms with Crippen molar-refractivity contribution in [3.05, 3.63) is 101 Å². The highest BCUT2D eigenvalue weighted by atomic mass is 35.5. The number of aromatic amines is 1. The summed E-state index contributed by atoms with van der Waals surface area (Å²) in [5.74, 6) is -0.136. The van der Waals surface area contributed by atoms with Crippen molar-refractivity contribution in [2.75, 3.05) is 38.7 Å². The number of anilines is 1. The topological polar surface area (TPSA) is 77.7 Å². The average molecular weight is 533 g/mol. The van der Waals surface area contributed by atoms with Gasteiger partial charge >= 0.3 is 6.03 Å². The second kappa shape index (κ2) is 13.1. The van der Waals surface area contributed by atoms with Gasteiger partial charge in [0.15, 0.2) is 0 Å². The lowest BCUT2D eigenvalue weighted by Gasteiger charge is -2.28. The molecule has 0 atom stereocenters. The molecule has 3 amide bonds. The first-order valence-corrected chi connectivity index (χ1v) is 13.0. The second-order valence-corrected chi connectivity index (χ2v) is 9.70. The number of carbonyl (C=O) groups excluding carboxylic acids is 2. The Labute approximate surface area is 228 Å². The van der Waals surface area contributed by atoms with Crippen molar-refractivity contribution < 1.29 is 14.3 Å². The predicted octanol–water partition coefficient (Wildman–Crippen LogP) is 5.88. The van der Waals surface area contributed by atoms with Gasteiger partial charge in [-0.25, -0.2) is 4.79 Å². The number of ether oxygens (including phenoxy) is 1. The molecule has 3 aromatic carbocycles. The number of hydrogen-bond acceptors (Lipinski definition) is 3. The number of H-pyrrole nitrogens is 1. The molecule has 4 aromatic rings. The molecule has 1 heterocycles. The van der Waals surface area contributed by atoms with Crippen LogP contribution in [0.4, 0.5) is 10.5 Å². The molecule has 2 N–H and O–H groups in total. The quantitative estimate of drug-likeness (QED) is 0.253. The smallest absolute Gasteiger partial charge is 0.322 e. The normalized spacial score (nSPS) is 10.9. The van der Waals surface area contributed by atoms with Crippen LogP contribution in [0.2, 0.25) is 5.02 Å². The van der Waals surface area contributed by atoms with Crippen LogP contribution in [0.5, 0.6) is 0 Å². The van der Waals surface area contributed by atoms with E-state index >= 15 is 0 Å².